The van der Waals surface area contributed by atoms with Crippen LogP contribution in [-0.2, 0) is 0 Å². The van der Waals surface area contributed by atoms with Gasteiger partial charge in [0.1, 0.15) is 6.04 Å². The minimum atomic E-state index is 0.00626. The summed E-state index contributed by atoms with van der Waals surface area (Å²) >= 11 is 5.91. The van der Waals surface area contributed by atoms with E-state index in [0.717, 1.165) is 16.5 Å². The summed E-state index contributed by atoms with van der Waals surface area (Å²) in [7, 11) is 0. The molecule has 1 aromatic carbocycles. The fourth-order valence-corrected chi connectivity index (χ4v) is 5.72. The lowest BCUT2D eigenvalue weighted by atomic mass is 9.94. The van der Waals surface area contributed by atoms with E-state index in [0.29, 0.717) is 6.04 Å². The van der Waals surface area contributed by atoms with Crippen LogP contribution in [0.25, 0.3) is 0 Å². The third-order valence-corrected chi connectivity index (χ3v) is 6.98. The van der Waals surface area contributed by atoms with Gasteiger partial charge in [-0.1, -0.05) is 31.4 Å². The predicted molar refractivity (Wildman–Crippen MR) is 130 cm³/mol. The number of nitrogens with one attached hydrogen (secondary N) is 1. The molecule has 0 bridgehead atoms. The third-order valence-electron chi connectivity index (χ3n) is 6.67. The summed E-state index contributed by atoms with van der Waals surface area (Å²) in [5, 5.41) is 4.37. The molecule has 1 saturated heterocycles. The van der Waals surface area contributed by atoms with Crippen LogP contribution in [0.3, 0.4) is 0 Å². The lowest BCUT2D eigenvalue weighted by Gasteiger charge is -2.32. The normalized spacial score (nSPS) is 22.0. The summed E-state index contributed by atoms with van der Waals surface area (Å²) < 4.78 is 2.52. The summed E-state index contributed by atoms with van der Waals surface area (Å²) in [6, 6.07) is 17.9. The van der Waals surface area contributed by atoms with E-state index in [1.165, 1.54) is 48.9 Å². The Morgan fingerprint density at radius 2 is 1.74 bits per heavy atom. The van der Waals surface area contributed by atoms with Crippen molar-refractivity contribution in [3.8, 4) is 0 Å². The minimum absolute atomic E-state index is 0.00626. The van der Waals surface area contributed by atoms with Crippen LogP contribution >= 0.6 is 12.2 Å². The van der Waals surface area contributed by atoms with Crippen LogP contribution in [0.5, 0.6) is 0 Å². The van der Waals surface area contributed by atoms with E-state index in [2.05, 4.69) is 77.3 Å². The second kappa shape index (κ2) is 8.46. The van der Waals surface area contributed by atoms with Crippen molar-refractivity contribution in [2.24, 2.45) is 0 Å². The van der Waals surface area contributed by atoms with E-state index in [1.54, 1.807) is 0 Å². The zero-order valence-electron chi connectivity index (χ0n) is 18.3. The Kier molecular flexibility index (Phi) is 5.53. The van der Waals surface area contributed by atoms with Crippen LogP contribution in [0.4, 0.5) is 5.69 Å². The maximum Gasteiger partial charge on any atom is 0.174 e. The Balaban J connectivity index is 1.63. The molecule has 5 heteroatoms. The van der Waals surface area contributed by atoms with Crippen molar-refractivity contribution in [1.29, 1.82) is 0 Å². The van der Waals surface area contributed by atoms with Crippen LogP contribution in [0.2, 0.25) is 0 Å². The van der Waals surface area contributed by atoms with E-state index in [9.17, 15) is 0 Å². The average molecular weight is 431 g/mol. The number of pyridine rings is 1. The molecule has 0 spiro atoms. The molecule has 1 N–H and O–H groups in total. The molecule has 5 rings (SSSR count). The molecular formula is C26H30N4S. The molecule has 4 nitrogen and oxygen atoms in total. The number of anilines is 1. The van der Waals surface area contributed by atoms with Gasteiger partial charge >= 0.3 is 0 Å². The highest BCUT2D eigenvalue weighted by Gasteiger charge is 2.42. The van der Waals surface area contributed by atoms with Crippen LogP contribution in [0, 0.1) is 13.8 Å². The van der Waals surface area contributed by atoms with Gasteiger partial charge in [-0.15, -0.1) is 0 Å². The fraction of sp³-hybridized carbons (Fsp3) is 0.385. The summed E-state index contributed by atoms with van der Waals surface area (Å²) in [6.07, 6.45) is 10.6. The number of benzene rings is 1. The van der Waals surface area contributed by atoms with Crippen molar-refractivity contribution in [2.75, 3.05) is 4.90 Å². The van der Waals surface area contributed by atoms with Gasteiger partial charge in [0.15, 0.2) is 5.11 Å². The van der Waals surface area contributed by atoms with Crippen molar-refractivity contribution in [3.63, 3.8) is 0 Å². The number of aromatic nitrogens is 2. The van der Waals surface area contributed by atoms with E-state index >= 15 is 0 Å². The summed E-state index contributed by atoms with van der Waals surface area (Å²) in [5.74, 6) is 0. The van der Waals surface area contributed by atoms with E-state index in [1.807, 2.05) is 12.3 Å². The topological polar surface area (TPSA) is 33.1 Å². The first-order valence-electron chi connectivity index (χ1n) is 11.4. The smallest absolute Gasteiger partial charge is 0.174 e. The maximum atomic E-state index is 5.91. The highest BCUT2D eigenvalue weighted by atomic mass is 32.1. The molecule has 0 radical (unpaired) electrons. The van der Waals surface area contributed by atoms with Gasteiger partial charge in [0.2, 0.25) is 0 Å². The highest BCUT2D eigenvalue weighted by Crippen LogP contribution is 2.43. The van der Waals surface area contributed by atoms with Crippen LogP contribution < -0.4 is 10.2 Å². The molecule has 160 valence electrons. The third kappa shape index (κ3) is 3.87. The summed E-state index contributed by atoms with van der Waals surface area (Å²) in [6.45, 7) is 4.30. The van der Waals surface area contributed by atoms with Gasteiger partial charge in [-0.05, 0) is 86.4 Å². The second-order valence-electron chi connectivity index (χ2n) is 8.97. The van der Waals surface area contributed by atoms with Gasteiger partial charge in [0.05, 0.1) is 11.7 Å². The van der Waals surface area contributed by atoms with E-state index in [-0.39, 0.29) is 12.1 Å². The molecule has 2 aliphatic rings. The molecule has 1 aliphatic heterocycles. The van der Waals surface area contributed by atoms with Crippen molar-refractivity contribution < 1.29 is 0 Å². The molecule has 31 heavy (non-hydrogen) atoms. The highest BCUT2D eigenvalue weighted by molar-refractivity contribution is 7.80. The molecule has 0 unspecified atom stereocenters. The Labute approximate surface area is 190 Å². The van der Waals surface area contributed by atoms with Gasteiger partial charge in [0, 0.05) is 29.8 Å². The Morgan fingerprint density at radius 3 is 2.45 bits per heavy atom. The fourth-order valence-electron chi connectivity index (χ4n) is 5.37. The van der Waals surface area contributed by atoms with Crippen LogP contribution in [0.15, 0.2) is 60.9 Å². The van der Waals surface area contributed by atoms with Crippen LogP contribution in [-0.4, -0.2) is 14.7 Å². The number of rotatable bonds is 4. The SMILES string of the molecule is Cc1cc(C)cc(N2C(=S)N[C@@H](c3ccccn3)[C@@H]2c2cccn2C2CCCCC2)c1. The first kappa shape index (κ1) is 20.3. The molecular weight excluding hydrogens is 400 g/mol. The van der Waals surface area contributed by atoms with Crippen LogP contribution in [0.1, 0.15) is 72.7 Å². The first-order valence-corrected chi connectivity index (χ1v) is 11.8. The number of aryl methyl sites for hydroxylation is 2. The van der Waals surface area contributed by atoms with Crippen molar-refractivity contribution in [2.45, 2.75) is 64.1 Å². The van der Waals surface area contributed by atoms with Gasteiger partial charge in [-0.2, -0.15) is 0 Å². The number of nitrogens with zero attached hydrogens (tertiary/aromatic N) is 3. The molecule has 0 amide bonds. The summed E-state index contributed by atoms with van der Waals surface area (Å²) in [4.78, 5) is 7.01. The number of hydrogen-bond donors (Lipinski definition) is 1. The molecule has 2 atom stereocenters. The van der Waals surface area contributed by atoms with E-state index < -0.39 is 0 Å². The Bertz CT molecular complexity index is 1050. The monoisotopic (exact) mass is 430 g/mol. The minimum Gasteiger partial charge on any atom is -0.351 e. The van der Waals surface area contributed by atoms with Gasteiger partial charge < -0.3 is 14.8 Å². The molecule has 1 aliphatic carbocycles. The molecule has 3 aromatic rings. The standard InChI is InChI=1S/C26H30N4S/c1-18-15-19(2)17-21(16-18)30-25(24(28-26(30)31)22-11-6-7-13-27-22)23-12-8-14-29(23)20-9-4-3-5-10-20/h6-8,11-17,20,24-25H,3-5,9-10H2,1-2H3,(H,28,31)/t24-,25-/m0/s1. The summed E-state index contributed by atoms with van der Waals surface area (Å²) in [5.41, 5.74) is 5.99. The lowest BCUT2D eigenvalue weighted by molar-refractivity contribution is 0.340. The van der Waals surface area contributed by atoms with Gasteiger partial charge in [-0.25, -0.2) is 0 Å². The molecule has 2 fully saturated rings. The van der Waals surface area contributed by atoms with Crippen molar-refractivity contribution >= 4 is 23.0 Å². The average Bonchev–Trinajstić information content (AvgIpc) is 3.38. The zero-order valence-corrected chi connectivity index (χ0v) is 19.1. The number of hydrogen-bond acceptors (Lipinski definition) is 2. The lowest BCUT2D eigenvalue weighted by Crippen LogP contribution is -2.31. The largest absolute Gasteiger partial charge is 0.351 e. The number of thiocarbonyl (C=S) groups is 1. The maximum absolute atomic E-state index is 5.91. The van der Waals surface area contributed by atoms with Gasteiger partial charge in [-0.3, -0.25) is 4.98 Å². The predicted octanol–water partition coefficient (Wildman–Crippen LogP) is 6.18. The molecule has 3 heterocycles. The molecule has 1 saturated carbocycles. The zero-order chi connectivity index (χ0) is 21.4. The van der Waals surface area contributed by atoms with Crippen molar-refractivity contribution in [3.05, 3.63) is 83.4 Å². The first-order chi connectivity index (χ1) is 15.1. The van der Waals surface area contributed by atoms with Crippen molar-refractivity contribution in [1.82, 2.24) is 14.9 Å². The Hall–Kier alpha value is -2.66. The van der Waals surface area contributed by atoms with E-state index in [4.69, 9.17) is 17.2 Å². The second-order valence-corrected chi connectivity index (χ2v) is 9.36. The molecule has 2 aromatic heterocycles. The Morgan fingerprint density at radius 1 is 0.968 bits per heavy atom. The van der Waals surface area contributed by atoms with Gasteiger partial charge in [0.25, 0.3) is 0 Å². The quantitative estimate of drug-likeness (QED) is 0.501.